The number of hydrogen-bond donors (Lipinski definition) is 1. The number of nitrogens with zero attached hydrogens (tertiary/aromatic N) is 1. The number of allylic oxidation sites excluding steroid dienone is 2. The van der Waals surface area contributed by atoms with Crippen LogP contribution in [-0.4, -0.2) is 15.9 Å². The number of rotatable bonds is 3. The van der Waals surface area contributed by atoms with E-state index in [-0.39, 0.29) is 37.5 Å². The summed E-state index contributed by atoms with van der Waals surface area (Å²) >= 11 is 0. The van der Waals surface area contributed by atoms with Crippen LogP contribution >= 0.6 is 0 Å². The van der Waals surface area contributed by atoms with Crippen LogP contribution in [0.5, 0.6) is 0 Å². The third-order valence-corrected chi connectivity index (χ3v) is 4.84. The predicted molar refractivity (Wildman–Crippen MR) is 128 cm³/mol. The summed E-state index contributed by atoms with van der Waals surface area (Å²) in [5, 5.41) is 9.42. The van der Waals surface area contributed by atoms with Crippen LogP contribution in [0.2, 0.25) is 0 Å². The summed E-state index contributed by atoms with van der Waals surface area (Å²) in [6.45, 7) is 6.95. The van der Waals surface area contributed by atoms with Crippen molar-refractivity contribution in [1.29, 1.82) is 0 Å². The molecule has 0 amide bonds. The number of fused-ring (bicyclic) bond motifs is 1. The first-order valence-corrected chi connectivity index (χ1v) is 10.3. The van der Waals surface area contributed by atoms with Gasteiger partial charge in [-0.3, -0.25) is 9.78 Å². The van der Waals surface area contributed by atoms with E-state index in [1.807, 2.05) is 37.3 Å². The topological polar surface area (TPSA) is 50.2 Å². The second kappa shape index (κ2) is 11.6. The Morgan fingerprint density at radius 1 is 1.00 bits per heavy atom. The number of ketones is 1. The van der Waals surface area contributed by atoms with Gasteiger partial charge in [-0.2, -0.15) is 0 Å². The van der Waals surface area contributed by atoms with E-state index in [0.717, 1.165) is 44.4 Å². The number of carbonyl (C=O) groups is 1. The zero-order valence-electron chi connectivity index (χ0n) is 18.9. The Balaban J connectivity index is 0.000000423. The van der Waals surface area contributed by atoms with Gasteiger partial charge in [0.05, 0.1) is 11.3 Å². The molecule has 0 aliphatic heterocycles. The summed E-state index contributed by atoms with van der Waals surface area (Å²) in [6, 6.07) is 24.3. The summed E-state index contributed by atoms with van der Waals surface area (Å²) in [5.41, 5.74) is 7.07. The molecule has 5 heteroatoms. The molecular formula is C28H25FIrNO2-. The minimum atomic E-state index is -0.231. The zero-order valence-corrected chi connectivity index (χ0v) is 21.3. The third-order valence-electron chi connectivity index (χ3n) is 4.84. The SMILES string of the molecule is CC(=O)/C=C(/C)O.Cc1[c-]c(-c2cc(-c3ccc(F)cc3)c3ccccc3n2)c(C)cc1.[Ir]. The molecule has 0 unspecified atom stereocenters. The Kier molecular flexibility index (Phi) is 9.21. The van der Waals surface area contributed by atoms with E-state index in [4.69, 9.17) is 10.1 Å². The van der Waals surface area contributed by atoms with Crippen molar-refractivity contribution < 1.29 is 34.4 Å². The maximum atomic E-state index is 13.3. The van der Waals surface area contributed by atoms with Gasteiger partial charge in [0.15, 0.2) is 5.78 Å². The molecule has 4 rings (SSSR count). The third kappa shape index (κ3) is 6.92. The molecule has 4 aromatic rings. The largest absolute Gasteiger partial charge is 0.512 e. The first-order chi connectivity index (χ1) is 15.2. The Labute approximate surface area is 207 Å². The molecule has 171 valence electrons. The summed E-state index contributed by atoms with van der Waals surface area (Å²) in [5.74, 6) is -0.294. The second-order valence-electron chi connectivity index (χ2n) is 7.67. The molecule has 0 fully saturated rings. The molecule has 1 aromatic heterocycles. The van der Waals surface area contributed by atoms with Crippen molar-refractivity contribution in [3.05, 3.63) is 102 Å². The number of benzene rings is 3. The van der Waals surface area contributed by atoms with Gasteiger partial charge < -0.3 is 5.11 Å². The number of aliphatic hydroxyl groups excluding tert-OH is 1. The van der Waals surface area contributed by atoms with E-state index in [9.17, 15) is 9.18 Å². The number of halogens is 1. The van der Waals surface area contributed by atoms with Crippen LogP contribution in [0.15, 0.2) is 78.6 Å². The van der Waals surface area contributed by atoms with Gasteiger partial charge in [-0.25, -0.2) is 4.39 Å². The molecule has 0 bridgehead atoms. The van der Waals surface area contributed by atoms with Gasteiger partial charge in [-0.1, -0.05) is 50.2 Å². The summed E-state index contributed by atoms with van der Waals surface area (Å²) in [6.07, 6.45) is 1.17. The van der Waals surface area contributed by atoms with Gasteiger partial charge in [0, 0.05) is 31.6 Å². The Morgan fingerprint density at radius 2 is 1.67 bits per heavy atom. The van der Waals surface area contributed by atoms with Crippen LogP contribution in [0.25, 0.3) is 33.3 Å². The number of para-hydroxylation sites is 1. The molecule has 33 heavy (non-hydrogen) atoms. The molecule has 1 N–H and O–H groups in total. The van der Waals surface area contributed by atoms with Crippen molar-refractivity contribution >= 4 is 16.7 Å². The van der Waals surface area contributed by atoms with Gasteiger partial charge in [0.2, 0.25) is 0 Å². The molecule has 3 nitrogen and oxygen atoms in total. The average Bonchev–Trinajstić information content (AvgIpc) is 2.75. The number of pyridine rings is 1. The molecule has 3 aromatic carbocycles. The maximum Gasteiger partial charge on any atom is 0.155 e. The Hall–Kier alpha value is -3.14. The standard InChI is InChI=1S/C23H17FN.C5H8O2.Ir/c1-15-7-8-16(2)20(13-15)23-14-21(17-9-11-18(24)12-10-17)19-5-3-4-6-22(19)25-23;1-4(6)3-5(2)7;/h3-12,14H,1-2H3;3,6H,1-2H3;/q-1;;/b;4-3-;. The molecular weight excluding hydrogens is 594 g/mol. The van der Waals surface area contributed by atoms with E-state index >= 15 is 0 Å². The van der Waals surface area contributed by atoms with Crippen LogP contribution in [0.1, 0.15) is 25.0 Å². The molecule has 0 spiro atoms. The van der Waals surface area contributed by atoms with E-state index in [2.05, 4.69) is 37.3 Å². The second-order valence-corrected chi connectivity index (χ2v) is 7.67. The van der Waals surface area contributed by atoms with Crippen LogP contribution in [-0.2, 0) is 24.9 Å². The van der Waals surface area contributed by atoms with Crippen LogP contribution < -0.4 is 0 Å². The molecule has 1 radical (unpaired) electrons. The zero-order chi connectivity index (χ0) is 23.3. The molecule has 1 heterocycles. The average molecular weight is 619 g/mol. The van der Waals surface area contributed by atoms with Crippen LogP contribution in [0, 0.1) is 25.7 Å². The van der Waals surface area contributed by atoms with Crippen molar-refractivity contribution in [1.82, 2.24) is 4.98 Å². The normalized spacial score (nSPS) is 10.8. The van der Waals surface area contributed by atoms with Crippen LogP contribution in [0.4, 0.5) is 4.39 Å². The first kappa shape index (κ1) is 26.1. The Morgan fingerprint density at radius 3 is 2.27 bits per heavy atom. The molecule has 0 atom stereocenters. The summed E-state index contributed by atoms with van der Waals surface area (Å²) in [7, 11) is 0. The summed E-state index contributed by atoms with van der Waals surface area (Å²) in [4.78, 5) is 14.9. The fourth-order valence-electron chi connectivity index (χ4n) is 3.40. The van der Waals surface area contributed by atoms with Gasteiger partial charge in [-0.05, 0) is 48.9 Å². The smallest absolute Gasteiger partial charge is 0.155 e. The van der Waals surface area contributed by atoms with Gasteiger partial charge in [0.1, 0.15) is 5.82 Å². The van der Waals surface area contributed by atoms with Gasteiger partial charge in [0.25, 0.3) is 0 Å². The number of aryl methyl sites for hydroxylation is 2. The van der Waals surface area contributed by atoms with Crippen molar-refractivity contribution in [2.24, 2.45) is 0 Å². The summed E-state index contributed by atoms with van der Waals surface area (Å²) < 4.78 is 13.3. The minimum absolute atomic E-state index is 0. The number of hydrogen-bond acceptors (Lipinski definition) is 3. The van der Waals surface area contributed by atoms with E-state index in [0.29, 0.717) is 0 Å². The monoisotopic (exact) mass is 619 g/mol. The molecule has 0 saturated carbocycles. The minimum Gasteiger partial charge on any atom is -0.512 e. The number of aliphatic hydroxyl groups is 1. The molecule has 0 aliphatic carbocycles. The van der Waals surface area contributed by atoms with E-state index in [1.165, 1.54) is 32.1 Å². The fourth-order valence-corrected chi connectivity index (χ4v) is 3.40. The first-order valence-electron chi connectivity index (χ1n) is 10.3. The van der Waals surface area contributed by atoms with Crippen molar-refractivity contribution in [3.8, 4) is 22.4 Å². The quantitative estimate of drug-likeness (QED) is 0.151. The predicted octanol–water partition coefficient (Wildman–Crippen LogP) is 7.16. The van der Waals surface area contributed by atoms with Gasteiger partial charge >= 0.3 is 0 Å². The van der Waals surface area contributed by atoms with Crippen molar-refractivity contribution in [3.63, 3.8) is 0 Å². The van der Waals surface area contributed by atoms with Crippen molar-refractivity contribution in [2.45, 2.75) is 27.7 Å². The molecule has 0 saturated heterocycles. The number of aromatic nitrogens is 1. The van der Waals surface area contributed by atoms with Crippen LogP contribution in [0.3, 0.4) is 0 Å². The van der Waals surface area contributed by atoms with Crippen molar-refractivity contribution in [2.75, 3.05) is 0 Å². The number of carbonyl (C=O) groups excluding carboxylic acids is 1. The van der Waals surface area contributed by atoms with E-state index in [1.54, 1.807) is 0 Å². The van der Waals surface area contributed by atoms with E-state index < -0.39 is 0 Å². The fraction of sp³-hybridized carbons (Fsp3) is 0.143. The van der Waals surface area contributed by atoms with Gasteiger partial charge in [-0.15, -0.1) is 34.9 Å². The molecule has 0 aliphatic rings. The maximum absolute atomic E-state index is 13.3. The Bertz CT molecular complexity index is 1290.